The second-order valence-electron chi connectivity index (χ2n) is 7.51. The van der Waals surface area contributed by atoms with Gasteiger partial charge in [-0.1, -0.05) is 30.7 Å². The minimum atomic E-state index is -0.326. The Labute approximate surface area is 190 Å². The maximum absolute atomic E-state index is 14.5. The van der Waals surface area contributed by atoms with Crippen molar-refractivity contribution in [2.45, 2.75) is 26.7 Å². The summed E-state index contributed by atoms with van der Waals surface area (Å²) in [5, 5.41) is 2.32. The molecule has 4 rings (SSSR count). The first-order chi connectivity index (χ1) is 15.0. The van der Waals surface area contributed by atoms with Crippen LogP contribution in [0.4, 0.5) is 10.2 Å². The lowest BCUT2D eigenvalue weighted by Gasteiger charge is -2.36. The van der Waals surface area contributed by atoms with Crippen LogP contribution in [0.15, 0.2) is 35.7 Å². The molecule has 3 aromatic rings. The zero-order valence-electron chi connectivity index (χ0n) is 17.6. The fraction of sp³-hybridized carbons (Fsp3) is 0.348. The van der Waals surface area contributed by atoms with E-state index in [0.717, 1.165) is 22.0 Å². The summed E-state index contributed by atoms with van der Waals surface area (Å²) in [6.07, 6.45) is 1.05. The summed E-state index contributed by atoms with van der Waals surface area (Å²) >= 11 is 7.77. The molecule has 0 radical (unpaired) electrons. The smallest absolute Gasteiger partial charge is 0.264 e. The number of halogens is 2. The molecule has 0 N–H and O–H groups in total. The van der Waals surface area contributed by atoms with Crippen molar-refractivity contribution >= 4 is 34.7 Å². The molecule has 1 amide bonds. The lowest BCUT2D eigenvalue weighted by Crippen LogP contribution is -2.49. The van der Waals surface area contributed by atoms with Crippen molar-refractivity contribution in [2.24, 2.45) is 0 Å². The minimum absolute atomic E-state index is 0.0705. The highest BCUT2D eigenvalue weighted by Gasteiger charge is 2.26. The first-order valence-corrected chi connectivity index (χ1v) is 11.6. The van der Waals surface area contributed by atoms with Gasteiger partial charge in [-0.15, -0.1) is 11.3 Å². The molecule has 1 aliphatic heterocycles. The Balaban J connectivity index is 1.61. The van der Waals surface area contributed by atoms with Crippen LogP contribution in [0.5, 0.6) is 0 Å². The van der Waals surface area contributed by atoms with Gasteiger partial charge >= 0.3 is 0 Å². The Bertz CT molecular complexity index is 1060. The highest BCUT2D eigenvalue weighted by atomic mass is 35.5. The van der Waals surface area contributed by atoms with Gasteiger partial charge in [0.05, 0.1) is 4.88 Å². The standard InChI is InChI=1S/C23H24ClFN4OS/c1-3-20-17(14-16-18(24)6-4-7-19(16)25)22(27-15(2)26-20)28-9-11-29(12-10-28)23(30)21-8-5-13-31-21/h4-8,13H,3,9-12,14H2,1-2H3. The van der Waals surface area contributed by atoms with E-state index in [4.69, 9.17) is 16.6 Å². The molecule has 1 aliphatic rings. The van der Waals surface area contributed by atoms with Crippen molar-refractivity contribution in [1.82, 2.24) is 14.9 Å². The third-order valence-corrected chi connectivity index (χ3v) is 6.74. The van der Waals surface area contributed by atoms with Gasteiger partial charge in [-0.25, -0.2) is 14.4 Å². The molecule has 0 bridgehead atoms. The topological polar surface area (TPSA) is 49.3 Å². The molecule has 0 atom stereocenters. The number of amides is 1. The Morgan fingerprint density at radius 3 is 2.55 bits per heavy atom. The molecule has 162 valence electrons. The maximum atomic E-state index is 14.5. The van der Waals surface area contributed by atoms with Crippen molar-refractivity contribution in [3.05, 3.63) is 74.1 Å². The number of hydrogen-bond donors (Lipinski definition) is 0. The summed E-state index contributed by atoms with van der Waals surface area (Å²) in [4.78, 5) is 26.8. The number of benzene rings is 1. The normalized spacial score (nSPS) is 14.2. The number of anilines is 1. The van der Waals surface area contributed by atoms with Crippen molar-refractivity contribution < 1.29 is 9.18 Å². The van der Waals surface area contributed by atoms with Crippen LogP contribution in [0.1, 0.15) is 39.2 Å². The Kier molecular flexibility index (Phi) is 6.53. The quantitative estimate of drug-likeness (QED) is 0.553. The van der Waals surface area contributed by atoms with Crippen LogP contribution in [0.25, 0.3) is 0 Å². The van der Waals surface area contributed by atoms with Gasteiger partial charge in [-0.2, -0.15) is 0 Å². The Morgan fingerprint density at radius 1 is 1.13 bits per heavy atom. The van der Waals surface area contributed by atoms with E-state index in [1.807, 2.05) is 36.3 Å². The average molecular weight is 459 g/mol. The fourth-order valence-electron chi connectivity index (χ4n) is 3.93. The number of carbonyl (C=O) groups excluding carboxylic acids is 1. The van der Waals surface area contributed by atoms with E-state index < -0.39 is 0 Å². The van der Waals surface area contributed by atoms with Gasteiger partial charge in [0, 0.05) is 54.4 Å². The summed E-state index contributed by atoms with van der Waals surface area (Å²) in [5.74, 6) is 1.24. The molecule has 8 heteroatoms. The lowest BCUT2D eigenvalue weighted by molar-refractivity contribution is 0.0751. The molecule has 1 fully saturated rings. The van der Waals surface area contributed by atoms with Crippen molar-refractivity contribution in [2.75, 3.05) is 31.1 Å². The largest absolute Gasteiger partial charge is 0.353 e. The Morgan fingerprint density at radius 2 is 1.90 bits per heavy atom. The van der Waals surface area contributed by atoms with E-state index in [1.54, 1.807) is 12.1 Å². The van der Waals surface area contributed by atoms with E-state index in [9.17, 15) is 9.18 Å². The van der Waals surface area contributed by atoms with E-state index in [1.165, 1.54) is 17.4 Å². The van der Waals surface area contributed by atoms with Crippen LogP contribution < -0.4 is 4.90 Å². The number of thiophene rings is 1. The predicted molar refractivity (Wildman–Crippen MR) is 123 cm³/mol. The predicted octanol–water partition coefficient (Wildman–Crippen LogP) is 4.75. The lowest BCUT2D eigenvalue weighted by atomic mass is 10.0. The summed E-state index contributed by atoms with van der Waals surface area (Å²) in [6.45, 7) is 6.46. The molecule has 1 saturated heterocycles. The molecule has 31 heavy (non-hydrogen) atoms. The van der Waals surface area contributed by atoms with Crippen molar-refractivity contribution in [3.8, 4) is 0 Å². The van der Waals surface area contributed by atoms with Crippen LogP contribution in [0, 0.1) is 12.7 Å². The maximum Gasteiger partial charge on any atom is 0.264 e. The zero-order valence-corrected chi connectivity index (χ0v) is 19.1. The van der Waals surface area contributed by atoms with Crippen molar-refractivity contribution in [1.29, 1.82) is 0 Å². The minimum Gasteiger partial charge on any atom is -0.353 e. The summed E-state index contributed by atoms with van der Waals surface area (Å²) in [6, 6.07) is 8.49. The van der Waals surface area contributed by atoms with Crippen LogP contribution in [0.2, 0.25) is 5.02 Å². The molecule has 0 saturated carbocycles. The molecule has 0 spiro atoms. The second-order valence-corrected chi connectivity index (χ2v) is 8.86. The summed E-state index contributed by atoms with van der Waals surface area (Å²) in [7, 11) is 0. The number of aryl methyl sites for hydroxylation is 2. The first-order valence-electron chi connectivity index (χ1n) is 10.3. The average Bonchev–Trinajstić information content (AvgIpc) is 3.31. The highest BCUT2D eigenvalue weighted by molar-refractivity contribution is 7.12. The van der Waals surface area contributed by atoms with Gasteiger partial charge < -0.3 is 9.80 Å². The first kappa shape index (κ1) is 21.7. The van der Waals surface area contributed by atoms with E-state index in [-0.39, 0.29) is 11.7 Å². The van der Waals surface area contributed by atoms with Gasteiger partial charge in [0.25, 0.3) is 5.91 Å². The second kappa shape index (κ2) is 9.32. The van der Waals surface area contributed by atoms with E-state index in [2.05, 4.69) is 9.88 Å². The van der Waals surface area contributed by atoms with Crippen LogP contribution in [-0.2, 0) is 12.8 Å². The highest BCUT2D eigenvalue weighted by Crippen LogP contribution is 2.30. The third-order valence-electron chi connectivity index (χ3n) is 5.53. The fourth-order valence-corrected chi connectivity index (χ4v) is 4.85. The number of nitrogens with zero attached hydrogens (tertiary/aromatic N) is 4. The van der Waals surface area contributed by atoms with Crippen LogP contribution in [0.3, 0.4) is 0 Å². The van der Waals surface area contributed by atoms with E-state index >= 15 is 0 Å². The number of aromatic nitrogens is 2. The van der Waals surface area contributed by atoms with Gasteiger partial charge in [0.1, 0.15) is 17.5 Å². The summed E-state index contributed by atoms with van der Waals surface area (Å²) < 4.78 is 14.5. The summed E-state index contributed by atoms with van der Waals surface area (Å²) in [5.41, 5.74) is 2.26. The molecule has 5 nitrogen and oxygen atoms in total. The van der Waals surface area contributed by atoms with Gasteiger partial charge in [0.2, 0.25) is 0 Å². The van der Waals surface area contributed by atoms with Crippen molar-refractivity contribution in [3.63, 3.8) is 0 Å². The number of carbonyl (C=O) groups is 1. The number of rotatable bonds is 5. The molecule has 0 unspecified atom stereocenters. The molecule has 1 aromatic carbocycles. The molecule has 3 heterocycles. The number of hydrogen-bond acceptors (Lipinski definition) is 5. The molecular formula is C23H24ClFN4OS. The third kappa shape index (κ3) is 4.57. The zero-order chi connectivity index (χ0) is 22.0. The van der Waals surface area contributed by atoms with Crippen LogP contribution >= 0.6 is 22.9 Å². The van der Waals surface area contributed by atoms with Gasteiger partial charge in [-0.3, -0.25) is 4.79 Å². The van der Waals surface area contributed by atoms with Crippen LogP contribution in [-0.4, -0.2) is 47.0 Å². The van der Waals surface area contributed by atoms with Gasteiger partial charge in [0.15, 0.2) is 0 Å². The van der Waals surface area contributed by atoms with E-state index in [0.29, 0.717) is 55.4 Å². The molecule has 2 aromatic heterocycles. The number of piperazine rings is 1. The molecule has 0 aliphatic carbocycles. The Hall–Kier alpha value is -2.51. The molecular weight excluding hydrogens is 435 g/mol. The van der Waals surface area contributed by atoms with Gasteiger partial charge in [-0.05, 0) is 36.9 Å². The monoisotopic (exact) mass is 458 g/mol. The SMILES string of the molecule is CCc1nc(C)nc(N2CCN(C(=O)c3cccs3)CC2)c1Cc1c(F)cccc1Cl.